The Bertz CT molecular complexity index is 1860. The van der Waals surface area contributed by atoms with Crippen LogP contribution in [0, 0.1) is 5.92 Å². The van der Waals surface area contributed by atoms with Crippen LogP contribution in [0.1, 0.15) is 40.7 Å². The third-order valence-corrected chi connectivity index (χ3v) is 9.63. The zero-order chi connectivity index (χ0) is 30.2. The third kappa shape index (κ3) is 3.59. The van der Waals surface area contributed by atoms with Gasteiger partial charge in [-0.3, -0.25) is 23.5 Å². The molecule has 0 radical (unpaired) electrons. The minimum absolute atomic E-state index is 0.0190. The quantitative estimate of drug-likeness (QED) is 0.347. The number of aromatic nitrogens is 2. The predicted octanol–water partition coefficient (Wildman–Crippen LogP) is 3.91. The van der Waals surface area contributed by atoms with E-state index in [2.05, 4.69) is 5.32 Å². The van der Waals surface area contributed by atoms with Gasteiger partial charge in [0.1, 0.15) is 27.9 Å². The molecule has 0 amide bonds. The van der Waals surface area contributed by atoms with E-state index in [0.717, 1.165) is 9.46 Å². The molecule has 1 aromatic heterocycles. The Labute approximate surface area is 250 Å². The second-order valence-electron chi connectivity index (χ2n) is 10.6. The van der Waals surface area contributed by atoms with Gasteiger partial charge in [-0.1, -0.05) is 30.7 Å². The first kappa shape index (κ1) is 28.2. The predicted molar refractivity (Wildman–Crippen MR) is 159 cm³/mol. The summed E-state index contributed by atoms with van der Waals surface area (Å²) in [6.45, 7) is 1.76. The molecule has 0 saturated carbocycles. The average molecular weight is 610 g/mol. The number of nitrogens with one attached hydrogen (secondary N) is 1. The number of hydrogen-bond acceptors (Lipinski definition) is 9. The van der Waals surface area contributed by atoms with Gasteiger partial charge in [-0.05, 0) is 30.4 Å². The SMILES string of the molecule is COc1cc(OC)c2c(c1Cl)O[C@@]1(C(=O)C3=C(C[C@H]1C)Nc1c(c(=O)n(C)c(=O)n1C)[C@@H]3c1ccc(SC)cc1)C2=O. The summed E-state index contributed by atoms with van der Waals surface area (Å²) in [5, 5.41) is 3.27. The molecule has 10 nitrogen and oxygen atoms in total. The van der Waals surface area contributed by atoms with Crippen LogP contribution in [0.2, 0.25) is 5.02 Å². The first-order valence-electron chi connectivity index (χ1n) is 13.2. The number of ketones is 2. The summed E-state index contributed by atoms with van der Waals surface area (Å²) in [6.07, 6.45) is 2.17. The number of allylic oxidation sites excluding steroid dienone is 1. The van der Waals surface area contributed by atoms with Gasteiger partial charge in [-0.25, -0.2) is 4.79 Å². The molecule has 3 aliphatic rings. The molecule has 12 heteroatoms. The minimum atomic E-state index is -1.95. The first-order chi connectivity index (χ1) is 20.0. The first-order valence-corrected chi connectivity index (χ1v) is 14.8. The average Bonchev–Trinajstić information content (AvgIpc) is 3.31. The van der Waals surface area contributed by atoms with Crippen molar-refractivity contribution in [3.8, 4) is 17.2 Å². The molecule has 2 aromatic carbocycles. The van der Waals surface area contributed by atoms with E-state index in [0.29, 0.717) is 17.1 Å². The van der Waals surface area contributed by atoms with Crippen molar-refractivity contribution in [2.75, 3.05) is 25.8 Å². The van der Waals surface area contributed by atoms with E-state index in [4.69, 9.17) is 25.8 Å². The highest BCUT2D eigenvalue weighted by atomic mass is 35.5. The van der Waals surface area contributed by atoms with Crippen molar-refractivity contribution >= 4 is 40.7 Å². The Kier molecular flexibility index (Phi) is 6.58. The summed E-state index contributed by atoms with van der Waals surface area (Å²) in [5.41, 5.74) is -1.27. The maximum Gasteiger partial charge on any atom is 0.332 e. The smallest absolute Gasteiger partial charge is 0.332 e. The van der Waals surface area contributed by atoms with Gasteiger partial charge in [-0.2, -0.15) is 0 Å². The molecule has 2 aliphatic heterocycles. The van der Waals surface area contributed by atoms with Gasteiger partial charge in [-0.15, -0.1) is 11.8 Å². The van der Waals surface area contributed by atoms with Crippen LogP contribution in [0.5, 0.6) is 17.2 Å². The van der Waals surface area contributed by atoms with Crippen molar-refractivity contribution < 1.29 is 23.8 Å². The van der Waals surface area contributed by atoms with Gasteiger partial charge in [0, 0.05) is 48.2 Å². The van der Waals surface area contributed by atoms with E-state index in [-0.39, 0.29) is 45.4 Å². The van der Waals surface area contributed by atoms with Gasteiger partial charge in [0.15, 0.2) is 5.75 Å². The van der Waals surface area contributed by atoms with Crippen molar-refractivity contribution in [2.24, 2.45) is 20.0 Å². The highest BCUT2D eigenvalue weighted by molar-refractivity contribution is 7.98. The molecule has 0 saturated heterocycles. The standard InChI is InChI=1S/C30H28ClN3O7S/c1-13-11-16-20(25(35)30(13)26(36)21-17(39-4)12-18(40-5)23(31)24(21)41-30)19(14-7-9-15(42-6)10-8-14)22-27(32-16)33(2)29(38)34(3)28(22)37/h7-10,12-13,19,32H,11H2,1-6H3/t13-,19-,30+/m1/s1. The summed E-state index contributed by atoms with van der Waals surface area (Å²) in [6, 6.07) is 9.02. The molecule has 42 heavy (non-hydrogen) atoms. The number of ether oxygens (including phenoxy) is 3. The third-order valence-electron chi connectivity index (χ3n) is 8.53. The molecule has 1 N–H and O–H groups in total. The number of rotatable bonds is 4. The molecule has 218 valence electrons. The molecule has 1 spiro atoms. The molecule has 0 fully saturated rings. The van der Waals surface area contributed by atoms with Crippen molar-refractivity contribution in [2.45, 2.75) is 29.8 Å². The fraction of sp³-hybridized carbons (Fsp3) is 0.333. The van der Waals surface area contributed by atoms with Crippen LogP contribution in [0.3, 0.4) is 0 Å². The van der Waals surface area contributed by atoms with Crippen molar-refractivity contribution in [1.82, 2.24) is 9.13 Å². The van der Waals surface area contributed by atoms with Crippen molar-refractivity contribution in [3.05, 3.63) is 84.2 Å². The van der Waals surface area contributed by atoms with E-state index in [1.165, 1.54) is 31.9 Å². The number of nitrogens with zero attached hydrogens (tertiary/aromatic N) is 2. The fourth-order valence-electron chi connectivity index (χ4n) is 6.32. The van der Waals surface area contributed by atoms with E-state index in [1.807, 2.05) is 30.5 Å². The Balaban J connectivity index is 1.61. The summed E-state index contributed by atoms with van der Waals surface area (Å²) in [7, 11) is 5.81. The Morgan fingerprint density at radius 2 is 1.69 bits per heavy atom. The lowest BCUT2D eigenvalue weighted by atomic mass is 9.66. The molecule has 3 atom stereocenters. The zero-order valence-corrected chi connectivity index (χ0v) is 25.4. The van der Waals surface area contributed by atoms with Crippen LogP contribution >= 0.6 is 23.4 Å². The molecular weight excluding hydrogens is 582 g/mol. The van der Waals surface area contributed by atoms with Crippen LogP contribution in [0.4, 0.5) is 5.82 Å². The second-order valence-corrected chi connectivity index (χ2v) is 11.8. The van der Waals surface area contributed by atoms with Crippen LogP contribution in [0.25, 0.3) is 0 Å². The monoisotopic (exact) mass is 609 g/mol. The normalized spacial score (nSPS) is 22.4. The number of benzene rings is 2. The topological polar surface area (TPSA) is 118 Å². The highest BCUT2D eigenvalue weighted by Gasteiger charge is 2.63. The fourth-order valence-corrected chi connectivity index (χ4v) is 6.99. The van der Waals surface area contributed by atoms with Crippen molar-refractivity contribution in [1.29, 1.82) is 0 Å². The number of carbonyl (C=O) groups is 2. The summed E-state index contributed by atoms with van der Waals surface area (Å²) >= 11 is 8.16. The van der Waals surface area contributed by atoms with Crippen molar-refractivity contribution in [3.63, 3.8) is 0 Å². The van der Waals surface area contributed by atoms with Gasteiger partial charge in [0.2, 0.25) is 17.2 Å². The minimum Gasteiger partial charge on any atom is -0.496 e. The number of methoxy groups -OCH3 is 2. The van der Waals surface area contributed by atoms with Gasteiger partial charge in [0.05, 0.1) is 19.8 Å². The van der Waals surface area contributed by atoms with Gasteiger partial charge >= 0.3 is 5.69 Å². The number of thioether (sulfide) groups is 1. The maximum absolute atomic E-state index is 14.9. The highest BCUT2D eigenvalue weighted by Crippen LogP contribution is 2.56. The summed E-state index contributed by atoms with van der Waals surface area (Å²) < 4.78 is 19.6. The van der Waals surface area contributed by atoms with Crippen LogP contribution < -0.4 is 30.8 Å². The molecule has 1 aliphatic carbocycles. The van der Waals surface area contributed by atoms with Crippen LogP contribution in [-0.4, -0.2) is 46.8 Å². The molecule has 3 aromatic rings. The number of halogens is 1. The Hall–Kier alpha value is -3.96. The maximum atomic E-state index is 14.9. The Morgan fingerprint density at radius 3 is 2.31 bits per heavy atom. The molecule has 0 bridgehead atoms. The second kappa shape index (κ2) is 9.81. The number of Topliss-reactive ketones (excluding diaryl/α,β-unsaturated/α-hetero) is 2. The summed E-state index contributed by atoms with van der Waals surface area (Å²) in [4.78, 5) is 56.8. The number of fused-ring (bicyclic) bond motifs is 2. The molecule has 0 unspecified atom stereocenters. The van der Waals surface area contributed by atoms with Crippen LogP contribution in [-0.2, 0) is 18.9 Å². The van der Waals surface area contributed by atoms with E-state index in [9.17, 15) is 19.2 Å². The lowest BCUT2D eigenvalue weighted by Crippen LogP contribution is -2.58. The van der Waals surface area contributed by atoms with Gasteiger partial charge < -0.3 is 19.5 Å². The lowest BCUT2D eigenvalue weighted by Gasteiger charge is -2.42. The van der Waals surface area contributed by atoms with Gasteiger partial charge in [0.25, 0.3) is 5.56 Å². The van der Waals surface area contributed by atoms with E-state index < -0.39 is 40.3 Å². The zero-order valence-electron chi connectivity index (χ0n) is 23.8. The number of anilines is 1. The van der Waals surface area contributed by atoms with E-state index >= 15 is 0 Å². The Morgan fingerprint density at radius 1 is 1.02 bits per heavy atom. The largest absolute Gasteiger partial charge is 0.496 e. The summed E-state index contributed by atoms with van der Waals surface area (Å²) in [5.74, 6) is -1.93. The molecule has 3 heterocycles. The molecule has 6 rings (SSSR count). The van der Waals surface area contributed by atoms with E-state index in [1.54, 1.807) is 25.7 Å². The number of hydrogen-bond donors (Lipinski definition) is 1. The van der Waals surface area contributed by atoms with Crippen LogP contribution in [0.15, 0.2) is 56.1 Å². The number of carbonyl (C=O) groups excluding carboxylic acids is 2. The molecular formula is C30H28ClN3O7S. The lowest BCUT2D eigenvalue weighted by molar-refractivity contribution is -0.130.